The van der Waals surface area contributed by atoms with Crippen molar-refractivity contribution in [3.8, 4) is 0 Å². The molecule has 0 bridgehead atoms. The van der Waals surface area contributed by atoms with Gasteiger partial charge in [0, 0.05) is 12.1 Å². The van der Waals surface area contributed by atoms with Crippen molar-refractivity contribution in [3.63, 3.8) is 0 Å². The summed E-state index contributed by atoms with van der Waals surface area (Å²) in [6.45, 7) is 8.50. The van der Waals surface area contributed by atoms with E-state index in [1.807, 2.05) is 19.1 Å². The van der Waals surface area contributed by atoms with Crippen LogP contribution in [0.1, 0.15) is 46.1 Å². The van der Waals surface area contributed by atoms with Crippen molar-refractivity contribution in [2.75, 3.05) is 5.32 Å². The van der Waals surface area contributed by atoms with Crippen molar-refractivity contribution in [2.24, 2.45) is 0 Å². The molecule has 16 heavy (non-hydrogen) atoms. The Kier molecular flexibility index (Phi) is 4.11. The van der Waals surface area contributed by atoms with Gasteiger partial charge in [-0.15, -0.1) is 0 Å². The number of benzene rings is 1. The Labute approximate surface area is 98.1 Å². The van der Waals surface area contributed by atoms with E-state index in [2.05, 4.69) is 38.2 Å². The van der Waals surface area contributed by atoms with E-state index in [1.165, 1.54) is 5.56 Å². The first-order chi connectivity index (χ1) is 7.49. The van der Waals surface area contributed by atoms with Gasteiger partial charge in [-0.25, -0.2) is 0 Å². The third-order valence-electron chi connectivity index (χ3n) is 3.16. The molecule has 0 aliphatic rings. The lowest BCUT2D eigenvalue weighted by atomic mass is 9.82. The van der Waals surface area contributed by atoms with E-state index >= 15 is 0 Å². The highest BCUT2D eigenvalue weighted by atomic mass is 16.1. The molecule has 0 aliphatic heterocycles. The van der Waals surface area contributed by atoms with Gasteiger partial charge in [-0.3, -0.25) is 4.79 Å². The maximum atomic E-state index is 11.2. The highest BCUT2D eigenvalue weighted by Crippen LogP contribution is 2.27. The Balaban J connectivity index is 2.79. The van der Waals surface area contributed by atoms with Gasteiger partial charge in [0.25, 0.3) is 0 Å². The Bertz CT molecular complexity index is 352. The van der Waals surface area contributed by atoms with E-state index in [0.29, 0.717) is 6.42 Å². The Hall–Kier alpha value is -1.31. The molecule has 2 heteroatoms. The zero-order chi connectivity index (χ0) is 12.2. The fourth-order valence-electron chi connectivity index (χ4n) is 1.46. The van der Waals surface area contributed by atoms with Gasteiger partial charge in [0.05, 0.1) is 0 Å². The van der Waals surface area contributed by atoms with Crippen LogP contribution in [-0.2, 0) is 10.2 Å². The summed E-state index contributed by atoms with van der Waals surface area (Å²) in [4.78, 5) is 11.2. The number of anilines is 1. The van der Waals surface area contributed by atoms with E-state index in [1.54, 1.807) is 0 Å². The van der Waals surface area contributed by atoms with Crippen LogP contribution in [0.2, 0.25) is 0 Å². The smallest absolute Gasteiger partial charge is 0.224 e. The summed E-state index contributed by atoms with van der Waals surface area (Å²) in [5, 5.41) is 2.85. The SMILES string of the molecule is CCC(=O)Nc1ccc(C(C)(C)CC)cc1. The molecular weight excluding hydrogens is 198 g/mol. The molecule has 88 valence electrons. The minimum atomic E-state index is 0.0579. The zero-order valence-electron chi connectivity index (χ0n) is 10.6. The number of carbonyl (C=O) groups excluding carboxylic acids is 1. The van der Waals surface area contributed by atoms with E-state index in [-0.39, 0.29) is 11.3 Å². The number of hydrogen-bond acceptors (Lipinski definition) is 1. The van der Waals surface area contributed by atoms with Crippen LogP contribution in [0.5, 0.6) is 0 Å². The molecule has 0 aromatic heterocycles. The third kappa shape index (κ3) is 3.09. The van der Waals surface area contributed by atoms with Crippen molar-refractivity contribution in [1.29, 1.82) is 0 Å². The second-order valence-electron chi connectivity index (χ2n) is 4.72. The molecule has 1 rings (SSSR count). The first-order valence-electron chi connectivity index (χ1n) is 5.90. The van der Waals surface area contributed by atoms with Crippen LogP contribution in [-0.4, -0.2) is 5.91 Å². The van der Waals surface area contributed by atoms with Gasteiger partial charge in [-0.1, -0.05) is 39.8 Å². The van der Waals surface area contributed by atoms with Crippen LogP contribution < -0.4 is 5.32 Å². The Morgan fingerprint density at radius 3 is 2.19 bits per heavy atom. The molecule has 1 amide bonds. The zero-order valence-corrected chi connectivity index (χ0v) is 10.6. The van der Waals surface area contributed by atoms with Crippen LogP contribution in [0, 0.1) is 0 Å². The Morgan fingerprint density at radius 2 is 1.75 bits per heavy atom. The number of amides is 1. The van der Waals surface area contributed by atoms with E-state index < -0.39 is 0 Å². The number of nitrogens with one attached hydrogen (secondary N) is 1. The molecule has 0 atom stereocenters. The van der Waals surface area contributed by atoms with Gasteiger partial charge < -0.3 is 5.32 Å². The average Bonchev–Trinajstić information content (AvgIpc) is 2.29. The van der Waals surface area contributed by atoms with Gasteiger partial charge in [0.15, 0.2) is 0 Å². The average molecular weight is 219 g/mol. The monoisotopic (exact) mass is 219 g/mol. The third-order valence-corrected chi connectivity index (χ3v) is 3.16. The molecular formula is C14H21NO. The van der Waals surface area contributed by atoms with Crippen LogP contribution in [0.25, 0.3) is 0 Å². The van der Waals surface area contributed by atoms with Gasteiger partial charge in [-0.2, -0.15) is 0 Å². The van der Waals surface area contributed by atoms with Crippen molar-refractivity contribution in [3.05, 3.63) is 29.8 Å². The second-order valence-corrected chi connectivity index (χ2v) is 4.72. The first-order valence-corrected chi connectivity index (χ1v) is 5.90. The molecule has 0 heterocycles. The quantitative estimate of drug-likeness (QED) is 0.821. The van der Waals surface area contributed by atoms with Crippen LogP contribution >= 0.6 is 0 Å². The molecule has 1 N–H and O–H groups in total. The minimum absolute atomic E-state index is 0.0579. The van der Waals surface area contributed by atoms with E-state index in [4.69, 9.17) is 0 Å². The lowest BCUT2D eigenvalue weighted by molar-refractivity contribution is -0.115. The number of hydrogen-bond donors (Lipinski definition) is 1. The fraction of sp³-hybridized carbons (Fsp3) is 0.500. The predicted octanol–water partition coefficient (Wildman–Crippen LogP) is 3.72. The predicted molar refractivity (Wildman–Crippen MR) is 68.7 cm³/mol. The summed E-state index contributed by atoms with van der Waals surface area (Å²) >= 11 is 0. The molecule has 0 saturated heterocycles. The summed E-state index contributed by atoms with van der Waals surface area (Å²) < 4.78 is 0. The standard InChI is InChI=1S/C14H21NO/c1-5-13(16)15-12-9-7-11(8-10-12)14(3,4)6-2/h7-10H,5-6H2,1-4H3,(H,15,16). The van der Waals surface area contributed by atoms with Crippen molar-refractivity contribution < 1.29 is 4.79 Å². The molecule has 2 nitrogen and oxygen atoms in total. The van der Waals surface area contributed by atoms with Crippen LogP contribution in [0.3, 0.4) is 0 Å². The maximum Gasteiger partial charge on any atom is 0.224 e. The van der Waals surface area contributed by atoms with Gasteiger partial charge in [0.2, 0.25) is 5.91 Å². The molecule has 0 aliphatic carbocycles. The summed E-state index contributed by atoms with van der Waals surface area (Å²) in [6.07, 6.45) is 1.62. The molecule has 0 radical (unpaired) electrons. The maximum absolute atomic E-state index is 11.2. The number of rotatable bonds is 4. The molecule has 1 aromatic rings. The van der Waals surface area contributed by atoms with Crippen molar-refractivity contribution >= 4 is 11.6 Å². The largest absolute Gasteiger partial charge is 0.326 e. The van der Waals surface area contributed by atoms with Crippen LogP contribution in [0.15, 0.2) is 24.3 Å². The Morgan fingerprint density at radius 1 is 1.19 bits per heavy atom. The van der Waals surface area contributed by atoms with E-state index in [9.17, 15) is 4.79 Å². The minimum Gasteiger partial charge on any atom is -0.326 e. The summed E-state index contributed by atoms with van der Waals surface area (Å²) in [5.74, 6) is 0.0579. The fourth-order valence-corrected chi connectivity index (χ4v) is 1.46. The summed E-state index contributed by atoms with van der Waals surface area (Å²) in [5.41, 5.74) is 2.39. The van der Waals surface area contributed by atoms with Crippen LogP contribution in [0.4, 0.5) is 5.69 Å². The second kappa shape index (κ2) is 5.15. The lowest BCUT2D eigenvalue weighted by Crippen LogP contribution is -2.15. The highest BCUT2D eigenvalue weighted by molar-refractivity contribution is 5.90. The van der Waals surface area contributed by atoms with E-state index in [0.717, 1.165) is 12.1 Å². The first kappa shape index (κ1) is 12.8. The molecule has 0 spiro atoms. The summed E-state index contributed by atoms with van der Waals surface area (Å²) in [7, 11) is 0. The number of carbonyl (C=O) groups is 1. The van der Waals surface area contributed by atoms with Gasteiger partial charge in [-0.05, 0) is 29.5 Å². The summed E-state index contributed by atoms with van der Waals surface area (Å²) in [6, 6.07) is 8.13. The topological polar surface area (TPSA) is 29.1 Å². The molecule has 1 aromatic carbocycles. The van der Waals surface area contributed by atoms with Crippen molar-refractivity contribution in [1.82, 2.24) is 0 Å². The molecule has 0 fully saturated rings. The van der Waals surface area contributed by atoms with Gasteiger partial charge >= 0.3 is 0 Å². The highest BCUT2D eigenvalue weighted by Gasteiger charge is 2.17. The van der Waals surface area contributed by atoms with Crippen molar-refractivity contribution in [2.45, 2.75) is 46.0 Å². The lowest BCUT2D eigenvalue weighted by Gasteiger charge is -2.23. The van der Waals surface area contributed by atoms with Gasteiger partial charge in [0.1, 0.15) is 0 Å². The normalized spacial score (nSPS) is 11.2. The molecule has 0 saturated carbocycles. The molecule has 0 unspecified atom stereocenters.